The average Bonchev–Trinajstić information content (AvgIpc) is 3.58. The van der Waals surface area contributed by atoms with E-state index >= 15 is 0 Å². The van der Waals surface area contributed by atoms with Crippen LogP contribution in [0, 0.1) is 0 Å². The first-order valence-electron chi connectivity index (χ1n) is 39.7. The predicted octanol–water partition coefficient (Wildman–Crippen LogP) is 25.5. The van der Waals surface area contributed by atoms with E-state index in [0.717, 1.165) is 103 Å². The molecule has 0 spiro atoms. The molecule has 0 aliphatic heterocycles. The van der Waals surface area contributed by atoms with Crippen LogP contribution in [0.4, 0.5) is 0 Å². The molecule has 0 saturated heterocycles. The zero-order valence-electron chi connectivity index (χ0n) is 62.6. The molecule has 0 amide bonds. The largest absolute Gasteiger partial charge is 0.477 e. The van der Waals surface area contributed by atoms with Gasteiger partial charge in [0.1, 0.15) is 13.2 Å². The molecular weight excluding hydrogens is 1170 g/mol. The second-order valence-corrected chi connectivity index (χ2v) is 27.6. The molecule has 2 unspecified atom stereocenters. The summed E-state index contributed by atoms with van der Waals surface area (Å²) >= 11 is 0. The van der Waals surface area contributed by atoms with Gasteiger partial charge < -0.3 is 28.5 Å². The summed E-state index contributed by atoms with van der Waals surface area (Å²) < 4.78 is 23.0. The van der Waals surface area contributed by atoms with E-state index in [1.165, 1.54) is 212 Å². The van der Waals surface area contributed by atoms with Crippen molar-refractivity contribution in [2.45, 2.75) is 360 Å². The molecule has 1 N–H and O–H groups in total. The molecule has 2 atom stereocenters. The number of carboxylic acid groups (broad SMARTS) is 1. The second kappa shape index (κ2) is 75.5. The van der Waals surface area contributed by atoms with Crippen LogP contribution in [0.25, 0.3) is 0 Å². The van der Waals surface area contributed by atoms with Gasteiger partial charge in [-0.15, -0.1) is 0 Å². The number of rotatable bonds is 73. The molecule has 0 fully saturated rings. The van der Waals surface area contributed by atoms with E-state index in [1.807, 2.05) is 21.1 Å². The van der Waals surface area contributed by atoms with E-state index in [0.29, 0.717) is 23.9 Å². The molecule has 0 aliphatic carbocycles. The number of quaternary nitrogens is 1. The van der Waals surface area contributed by atoms with Crippen molar-refractivity contribution in [3.63, 3.8) is 0 Å². The number of aliphatic carboxylic acids is 1. The van der Waals surface area contributed by atoms with Gasteiger partial charge in [-0.2, -0.15) is 0 Å². The molecule has 0 bridgehead atoms. The minimum Gasteiger partial charge on any atom is -0.477 e. The van der Waals surface area contributed by atoms with E-state index in [4.69, 9.17) is 18.9 Å². The summed E-state index contributed by atoms with van der Waals surface area (Å²) in [5.41, 5.74) is 0. The summed E-state index contributed by atoms with van der Waals surface area (Å²) in [4.78, 5) is 37.7. The zero-order valence-corrected chi connectivity index (χ0v) is 62.6. The number of esters is 2. The van der Waals surface area contributed by atoms with E-state index in [-0.39, 0.29) is 32.2 Å². The van der Waals surface area contributed by atoms with Crippen LogP contribution < -0.4 is 0 Å². The molecule has 0 aliphatic rings. The van der Waals surface area contributed by atoms with Crippen molar-refractivity contribution >= 4 is 17.9 Å². The highest BCUT2D eigenvalue weighted by Crippen LogP contribution is 2.18. The highest BCUT2D eigenvalue weighted by atomic mass is 16.7. The second-order valence-electron chi connectivity index (χ2n) is 27.6. The van der Waals surface area contributed by atoms with Crippen LogP contribution in [0.2, 0.25) is 0 Å². The lowest BCUT2D eigenvalue weighted by molar-refractivity contribution is -0.870. The van der Waals surface area contributed by atoms with Crippen LogP contribution in [-0.4, -0.2) is 87.4 Å². The Labute approximate surface area is 587 Å². The lowest BCUT2D eigenvalue weighted by atomic mass is 10.0. The zero-order chi connectivity index (χ0) is 69.0. The van der Waals surface area contributed by atoms with Crippen molar-refractivity contribution in [3.8, 4) is 0 Å². The van der Waals surface area contributed by atoms with E-state index < -0.39 is 24.3 Å². The SMILES string of the molecule is CC/C=C\C/C=C\C/C=C\C/C=C\C/C=C\C/C=C\C/C=C\C/C=C\C/C=C\CCCCCCCCCC(=O)OC(COC(=O)CCCCCCCCCCCCCCCCCCCCCCCCC/C=C\CCCCCCCCCC)COC(OCC[N+](C)(C)C)C(=O)O. The van der Waals surface area contributed by atoms with Gasteiger partial charge in [0, 0.05) is 12.8 Å². The van der Waals surface area contributed by atoms with Gasteiger partial charge in [0.2, 0.25) is 0 Å². The number of carbonyl (C=O) groups is 3. The molecular formula is C86H150NO8+. The molecule has 0 rings (SSSR count). The van der Waals surface area contributed by atoms with Gasteiger partial charge in [-0.3, -0.25) is 9.59 Å². The summed E-state index contributed by atoms with van der Waals surface area (Å²) in [5.74, 6) is -2.01. The Morgan fingerprint density at radius 3 is 0.905 bits per heavy atom. The number of likely N-dealkylation sites (N-methyl/N-ethyl adjacent to an activating group) is 1. The topological polar surface area (TPSA) is 108 Å². The number of hydrogen-bond donors (Lipinski definition) is 1. The standard InChI is InChI=1S/C86H149NO8/c1-6-8-10-12-14-16-18-20-22-24-26-28-30-32-34-36-38-40-42-44-46-48-50-52-54-56-58-60-62-64-66-68-70-72-74-76-83(88)93-80-82(81-94-86(85(90)91)92-79-78-87(3,4)5)95-84(89)77-75-73-71-69-67-65-63-61-59-57-55-53-51-49-47-45-43-41-39-37-35-33-31-29-27-25-23-21-19-17-15-13-11-9-7-2/h9,11,15,17,21,23-24,26-27,29,33,35,39,41,45,47,51,53,57,59,82,86H,6-8,10,12-14,16,18-20,22,25,28,30-32,34,36-38,40,42-44,46,48-50,52,54-56,58,60-81H2,1-5H3/p+1/b11-9-,17-15-,23-21-,26-24-,29-27-,35-33-,41-39-,47-45-,53-51-,59-57-. The number of allylic oxidation sites excluding steroid dienone is 20. The monoisotopic (exact) mass is 1330 g/mol. The third kappa shape index (κ3) is 76.9. The highest BCUT2D eigenvalue weighted by molar-refractivity contribution is 5.71. The van der Waals surface area contributed by atoms with Crippen LogP contribution >= 0.6 is 0 Å². The summed E-state index contributed by atoms with van der Waals surface area (Å²) in [7, 11) is 5.98. The normalized spacial score (nSPS) is 13.3. The fraction of sp³-hybridized carbons (Fsp3) is 0.733. The fourth-order valence-electron chi connectivity index (χ4n) is 11.2. The maximum Gasteiger partial charge on any atom is 0.361 e. The van der Waals surface area contributed by atoms with Gasteiger partial charge in [-0.05, 0) is 109 Å². The predicted molar refractivity (Wildman–Crippen MR) is 410 cm³/mol. The summed E-state index contributed by atoms with van der Waals surface area (Å²) in [6.07, 6.45) is 105. The van der Waals surface area contributed by atoms with Crippen molar-refractivity contribution in [2.75, 3.05) is 47.5 Å². The Morgan fingerprint density at radius 1 is 0.326 bits per heavy atom. The molecule has 0 aromatic heterocycles. The summed E-state index contributed by atoms with van der Waals surface area (Å²) in [6, 6.07) is 0. The van der Waals surface area contributed by atoms with Crippen molar-refractivity contribution in [3.05, 3.63) is 122 Å². The van der Waals surface area contributed by atoms with Crippen molar-refractivity contribution < 1.29 is 42.9 Å². The number of nitrogens with zero attached hydrogens (tertiary/aromatic N) is 1. The van der Waals surface area contributed by atoms with Crippen molar-refractivity contribution in [1.29, 1.82) is 0 Å². The quantitative estimate of drug-likeness (QED) is 0.0211. The third-order valence-corrected chi connectivity index (χ3v) is 17.2. The number of ether oxygens (including phenoxy) is 4. The molecule has 0 aromatic rings. The number of hydrogen-bond acceptors (Lipinski definition) is 7. The van der Waals surface area contributed by atoms with Gasteiger partial charge in [-0.1, -0.05) is 347 Å². The van der Waals surface area contributed by atoms with E-state index in [1.54, 1.807) is 0 Å². The van der Waals surface area contributed by atoms with Gasteiger partial charge in [-0.25, -0.2) is 4.79 Å². The number of unbranched alkanes of at least 4 members (excludes halogenated alkanes) is 38. The van der Waals surface area contributed by atoms with Crippen molar-refractivity contribution in [2.24, 2.45) is 0 Å². The summed E-state index contributed by atoms with van der Waals surface area (Å²) in [5, 5.41) is 9.77. The first-order valence-corrected chi connectivity index (χ1v) is 39.7. The molecule has 0 saturated carbocycles. The minimum atomic E-state index is -1.52. The highest BCUT2D eigenvalue weighted by Gasteiger charge is 2.25. The Kier molecular flexibility index (Phi) is 72.0. The Balaban J connectivity index is 4.08. The van der Waals surface area contributed by atoms with Crippen molar-refractivity contribution in [1.82, 2.24) is 0 Å². The van der Waals surface area contributed by atoms with E-state index in [9.17, 15) is 19.5 Å². The molecule has 0 aromatic carbocycles. The fourth-order valence-corrected chi connectivity index (χ4v) is 11.2. The lowest BCUT2D eigenvalue weighted by Gasteiger charge is -2.25. The molecule has 0 heterocycles. The van der Waals surface area contributed by atoms with Crippen LogP contribution in [-0.2, 0) is 33.3 Å². The maximum absolute atomic E-state index is 13.0. The molecule has 95 heavy (non-hydrogen) atoms. The van der Waals surface area contributed by atoms with Crippen LogP contribution in [0.5, 0.6) is 0 Å². The Hall–Kier alpha value is -4.31. The van der Waals surface area contributed by atoms with Gasteiger partial charge >= 0.3 is 17.9 Å². The Morgan fingerprint density at radius 2 is 0.600 bits per heavy atom. The molecule has 0 radical (unpaired) electrons. The molecule has 9 heteroatoms. The third-order valence-electron chi connectivity index (χ3n) is 17.2. The van der Waals surface area contributed by atoms with Gasteiger partial charge in [0.15, 0.2) is 6.10 Å². The summed E-state index contributed by atoms with van der Waals surface area (Å²) in [6.45, 7) is 4.78. The average molecular weight is 1330 g/mol. The first kappa shape index (κ1) is 90.7. The molecule has 546 valence electrons. The van der Waals surface area contributed by atoms with Crippen LogP contribution in [0.1, 0.15) is 348 Å². The Bertz CT molecular complexity index is 1980. The number of carbonyl (C=O) groups excluding carboxylic acids is 2. The maximum atomic E-state index is 13.0. The first-order chi connectivity index (χ1) is 46.6. The van der Waals surface area contributed by atoms with Crippen LogP contribution in [0.15, 0.2) is 122 Å². The molecule has 9 nitrogen and oxygen atoms in total. The smallest absolute Gasteiger partial charge is 0.361 e. The minimum absolute atomic E-state index is 0.181. The lowest BCUT2D eigenvalue weighted by Crippen LogP contribution is -2.40. The number of carboxylic acids is 1. The van der Waals surface area contributed by atoms with Gasteiger partial charge in [0.25, 0.3) is 6.29 Å². The van der Waals surface area contributed by atoms with Crippen LogP contribution in [0.3, 0.4) is 0 Å². The van der Waals surface area contributed by atoms with E-state index in [2.05, 4.69) is 135 Å². The van der Waals surface area contributed by atoms with Gasteiger partial charge in [0.05, 0.1) is 34.4 Å².